The Bertz CT molecular complexity index is 881. The van der Waals surface area contributed by atoms with E-state index >= 15 is 0 Å². The molecule has 0 spiro atoms. The van der Waals surface area contributed by atoms with Gasteiger partial charge >= 0.3 is 6.18 Å². The highest BCUT2D eigenvalue weighted by molar-refractivity contribution is 7.17. The average Bonchev–Trinajstić information content (AvgIpc) is 3.33. The van der Waals surface area contributed by atoms with Crippen LogP contribution in [-0.2, 0) is 6.18 Å². The second-order valence-electron chi connectivity index (χ2n) is 8.39. The maximum absolute atomic E-state index is 12.9. The SMILES string of the molecule is Cc1c(-c2ccc(C(=O)CCC(C)[C@H]3CN4CCC3CC4)s2)noc1C(F)(F)F. The molecule has 8 heteroatoms. The number of halogens is 3. The molecule has 0 radical (unpaired) electrons. The lowest BCUT2D eigenvalue weighted by Crippen LogP contribution is -2.49. The molecular formula is C21H25F3N2O2S. The van der Waals surface area contributed by atoms with Crippen LogP contribution in [0.2, 0.25) is 0 Å². The van der Waals surface area contributed by atoms with Crippen molar-refractivity contribution in [3.8, 4) is 10.6 Å². The molecule has 2 bridgehead atoms. The minimum absolute atomic E-state index is 0.0469. The van der Waals surface area contributed by atoms with Gasteiger partial charge in [-0.2, -0.15) is 13.2 Å². The topological polar surface area (TPSA) is 46.3 Å². The Kier molecular flexibility index (Phi) is 5.59. The van der Waals surface area contributed by atoms with Gasteiger partial charge in [-0.15, -0.1) is 11.3 Å². The highest BCUT2D eigenvalue weighted by Crippen LogP contribution is 2.40. The molecule has 0 N–H and O–H groups in total. The van der Waals surface area contributed by atoms with Gasteiger partial charge in [-0.05, 0) is 69.2 Å². The first kappa shape index (κ1) is 20.6. The molecule has 29 heavy (non-hydrogen) atoms. The summed E-state index contributed by atoms with van der Waals surface area (Å²) in [5.74, 6) is 0.921. The fraction of sp³-hybridized carbons (Fsp3) is 0.619. The summed E-state index contributed by atoms with van der Waals surface area (Å²) in [7, 11) is 0. The van der Waals surface area contributed by atoms with Gasteiger partial charge in [0.2, 0.25) is 5.76 Å². The molecule has 3 aliphatic rings. The minimum Gasteiger partial charge on any atom is -0.351 e. The molecule has 2 atom stereocenters. The second-order valence-corrected chi connectivity index (χ2v) is 9.47. The number of carbonyl (C=O) groups excluding carboxylic acids is 1. The number of rotatable bonds is 6. The summed E-state index contributed by atoms with van der Waals surface area (Å²) in [5, 5.41) is 3.58. The molecule has 0 amide bonds. The van der Waals surface area contributed by atoms with Gasteiger partial charge in [0, 0.05) is 18.5 Å². The Balaban J connectivity index is 1.38. The van der Waals surface area contributed by atoms with Gasteiger partial charge in [0.15, 0.2) is 5.78 Å². The average molecular weight is 427 g/mol. The summed E-state index contributed by atoms with van der Waals surface area (Å²) in [6.45, 7) is 7.16. The molecule has 5 heterocycles. The van der Waals surface area contributed by atoms with E-state index in [1.165, 1.54) is 44.2 Å². The van der Waals surface area contributed by atoms with Crippen molar-refractivity contribution in [3.63, 3.8) is 0 Å². The molecule has 4 nitrogen and oxygen atoms in total. The van der Waals surface area contributed by atoms with Gasteiger partial charge in [0.25, 0.3) is 0 Å². The minimum atomic E-state index is -4.57. The predicted molar refractivity (Wildman–Crippen MR) is 105 cm³/mol. The van der Waals surface area contributed by atoms with Gasteiger partial charge in [-0.3, -0.25) is 4.79 Å². The standard InChI is InChI=1S/C21H25F3N2O2S/c1-12(15-11-26-9-7-14(15)8-10-26)3-4-16(27)17-5-6-18(29-17)19-13(2)20(28-25-19)21(22,23)24/h5-6,12,14-15H,3-4,7-11H2,1-2H3/t12?,15-/m1/s1. The number of fused-ring (bicyclic) bond motifs is 3. The first-order valence-electron chi connectivity index (χ1n) is 10.1. The molecule has 1 unspecified atom stereocenters. The number of ketones is 1. The number of thiophene rings is 1. The van der Waals surface area contributed by atoms with Crippen molar-refractivity contribution in [1.29, 1.82) is 0 Å². The summed E-state index contributed by atoms with van der Waals surface area (Å²) in [4.78, 5) is 16.3. The lowest BCUT2D eigenvalue weighted by atomic mass is 9.72. The number of carbonyl (C=O) groups is 1. The maximum atomic E-state index is 12.9. The number of aromatic nitrogens is 1. The van der Waals surface area contributed by atoms with Gasteiger partial charge in [-0.1, -0.05) is 12.1 Å². The van der Waals surface area contributed by atoms with Gasteiger partial charge in [0.05, 0.1) is 9.75 Å². The first-order valence-corrected chi connectivity index (χ1v) is 10.9. The number of Topliss-reactive ketones (excluding diaryl/α,β-unsaturated/α-hetero) is 1. The van der Waals surface area contributed by atoms with Gasteiger partial charge in [0.1, 0.15) is 5.69 Å². The molecule has 3 fully saturated rings. The van der Waals surface area contributed by atoms with E-state index in [1.54, 1.807) is 12.1 Å². The zero-order chi connectivity index (χ0) is 20.8. The third-order valence-corrected chi connectivity index (χ3v) is 7.69. The van der Waals surface area contributed by atoms with E-state index in [-0.39, 0.29) is 17.0 Å². The zero-order valence-electron chi connectivity index (χ0n) is 16.6. The molecule has 2 aromatic rings. The number of piperidine rings is 3. The van der Waals surface area contributed by atoms with Gasteiger partial charge in [-0.25, -0.2) is 0 Å². The van der Waals surface area contributed by atoms with E-state index in [0.29, 0.717) is 28.0 Å². The normalized spacial score (nSPS) is 25.3. The smallest absolute Gasteiger partial charge is 0.351 e. The highest BCUT2D eigenvalue weighted by atomic mass is 32.1. The van der Waals surface area contributed by atoms with Crippen LogP contribution in [-0.4, -0.2) is 35.5 Å². The summed E-state index contributed by atoms with van der Waals surface area (Å²) in [5.41, 5.74) is 0.108. The first-order chi connectivity index (χ1) is 13.7. The molecule has 158 valence electrons. The third-order valence-electron chi connectivity index (χ3n) is 6.56. The van der Waals surface area contributed by atoms with Crippen molar-refractivity contribution < 1.29 is 22.5 Å². The fourth-order valence-electron chi connectivity index (χ4n) is 4.80. The van der Waals surface area contributed by atoms with Crippen LogP contribution in [0.1, 0.15) is 53.6 Å². The lowest BCUT2D eigenvalue weighted by Gasteiger charge is -2.47. The fourth-order valence-corrected chi connectivity index (χ4v) is 5.81. The third kappa shape index (κ3) is 4.14. The van der Waals surface area contributed by atoms with Crippen LogP contribution in [0.5, 0.6) is 0 Å². The van der Waals surface area contributed by atoms with E-state index in [0.717, 1.165) is 18.9 Å². The molecule has 5 rings (SSSR count). The summed E-state index contributed by atoms with van der Waals surface area (Å²) < 4.78 is 43.2. The Hall–Kier alpha value is -1.67. The summed E-state index contributed by atoms with van der Waals surface area (Å²) in [6, 6.07) is 3.34. The van der Waals surface area contributed by atoms with E-state index in [9.17, 15) is 18.0 Å². The zero-order valence-corrected chi connectivity index (χ0v) is 17.4. The van der Waals surface area contributed by atoms with Crippen LogP contribution in [0.15, 0.2) is 16.7 Å². The summed E-state index contributed by atoms with van der Waals surface area (Å²) >= 11 is 1.18. The molecule has 0 aliphatic carbocycles. The van der Waals surface area contributed by atoms with E-state index in [4.69, 9.17) is 0 Å². The van der Waals surface area contributed by atoms with E-state index < -0.39 is 11.9 Å². The van der Waals surface area contributed by atoms with Crippen LogP contribution >= 0.6 is 11.3 Å². The van der Waals surface area contributed by atoms with Gasteiger partial charge < -0.3 is 9.42 Å². The van der Waals surface area contributed by atoms with E-state index in [2.05, 4.69) is 21.5 Å². The second kappa shape index (κ2) is 7.87. The van der Waals surface area contributed by atoms with Crippen molar-refractivity contribution >= 4 is 17.1 Å². The Morgan fingerprint density at radius 3 is 2.66 bits per heavy atom. The molecule has 2 aromatic heterocycles. The van der Waals surface area contributed by atoms with Crippen LogP contribution in [0, 0.1) is 24.7 Å². The van der Waals surface area contributed by atoms with Crippen LogP contribution in [0.3, 0.4) is 0 Å². The number of hydrogen-bond donors (Lipinski definition) is 0. The number of alkyl halides is 3. The molecule has 3 aliphatic heterocycles. The highest BCUT2D eigenvalue weighted by Gasteiger charge is 2.39. The Labute approximate surface area is 172 Å². The van der Waals surface area contributed by atoms with Crippen molar-refractivity contribution in [3.05, 3.63) is 28.3 Å². The molecule has 0 aromatic carbocycles. The Morgan fingerprint density at radius 2 is 2.07 bits per heavy atom. The summed E-state index contributed by atoms with van der Waals surface area (Å²) in [6.07, 6.45) is -0.711. The molecule has 3 saturated heterocycles. The predicted octanol–water partition coefficient (Wildman–Crippen LogP) is 5.67. The van der Waals surface area contributed by atoms with Crippen molar-refractivity contribution in [2.45, 2.75) is 45.7 Å². The quantitative estimate of drug-likeness (QED) is 0.558. The maximum Gasteiger partial charge on any atom is 0.452 e. The Morgan fingerprint density at radius 1 is 1.34 bits per heavy atom. The monoisotopic (exact) mass is 426 g/mol. The van der Waals surface area contributed by atoms with Crippen LogP contribution in [0.4, 0.5) is 13.2 Å². The molecular weight excluding hydrogens is 401 g/mol. The lowest BCUT2D eigenvalue weighted by molar-refractivity contribution is -0.156. The number of hydrogen-bond acceptors (Lipinski definition) is 5. The van der Waals surface area contributed by atoms with Crippen LogP contribution in [0.25, 0.3) is 10.6 Å². The van der Waals surface area contributed by atoms with Crippen molar-refractivity contribution in [2.75, 3.05) is 19.6 Å². The van der Waals surface area contributed by atoms with E-state index in [1.807, 2.05) is 0 Å². The number of nitrogens with zero attached hydrogens (tertiary/aromatic N) is 2. The largest absolute Gasteiger partial charge is 0.452 e. The van der Waals surface area contributed by atoms with Crippen molar-refractivity contribution in [1.82, 2.24) is 10.1 Å². The van der Waals surface area contributed by atoms with Crippen LogP contribution < -0.4 is 0 Å². The molecule has 0 saturated carbocycles. The van der Waals surface area contributed by atoms with Crippen molar-refractivity contribution in [2.24, 2.45) is 17.8 Å².